The fraction of sp³-hybridized carbons (Fsp3) is 0.429. The molecule has 1 saturated heterocycles. The molecule has 5 atom stereocenters. The van der Waals surface area contributed by atoms with E-state index < -0.39 is 42.1 Å². The fourth-order valence-corrected chi connectivity index (χ4v) is 3.65. The summed E-state index contributed by atoms with van der Waals surface area (Å²) in [6.07, 6.45) is -4.22. The van der Waals surface area contributed by atoms with Gasteiger partial charge in [-0.05, 0) is 60.9 Å². The molecule has 2 aromatic rings. The quantitative estimate of drug-likeness (QED) is 0.599. The van der Waals surface area contributed by atoms with Gasteiger partial charge >= 0.3 is 0 Å². The third-order valence-electron chi connectivity index (χ3n) is 5.43. The molecule has 4 N–H and O–H groups in total. The molecule has 8 heteroatoms. The highest BCUT2D eigenvalue weighted by atomic mass is 35.5. The average Bonchev–Trinajstić information content (AvgIpc) is 2.64. The van der Waals surface area contributed by atoms with E-state index in [0.29, 0.717) is 22.4 Å². The SMILES string of the molecule is Cc1cc(-c2cc(F)cc(Cl)c2)ccc1OC1(C)OC(CO)C(O)C(O)C1(C)O. The lowest BCUT2D eigenvalue weighted by Crippen LogP contribution is -2.72. The number of aliphatic hydroxyl groups excluding tert-OH is 3. The van der Waals surface area contributed by atoms with E-state index in [1.165, 1.54) is 26.0 Å². The largest absolute Gasteiger partial charge is 0.459 e. The Labute approximate surface area is 173 Å². The number of benzene rings is 2. The monoisotopic (exact) mass is 426 g/mol. The van der Waals surface area contributed by atoms with Crippen LogP contribution in [0, 0.1) is 12.7 Å². The van der Waals surface area contributed by atoms with Crippen LogP contribution >= 0.6 is 11.6 Å². The molecule has 158 valence electrons. The Bertz CT molecular complexity index is 884. The lowest BCUT2D eigenvalue weighted by Gasteiger charge is -2.52. The minimum atomic E-state index is -1.97. The van der Waals surface area contributed by atoms with Gasteiger partial charge in [-0.15, -0.1) is 0 Å². The summed E-state index contributed by atoms with van der Waals surface area (Å²) in [6, 6.07) is 9.30. The number of aryl methyl sites for hydroxylation is 1. The predicted molar refractivity (Wildman–Crippen MR) is 105 cm³/mol. The zero-order valence-corrected chi connectivity index (χ0v) is 17.0. The maximum atomic E-state index is 13.7. The van der Waals surface area contributed by atoms with Crippen molar-refractivity contribution in [2.24, 2.45) is 0 Å². The van der Waals surface area contributed by atoms with Crippen molar-refractivity contribution in [2.45, 2.75) is 50.5 Å². The van der Waals surface area contributed by atoms with E-state index in [0.717, 1.165) is 0 Å². The van der Waals surface area contributed by atoms with Crippen molar-refractivity contribution in [3.8, 4) is 16.9 Å². The van der Waals surface area contributed by atoms with Gasteiger partial charge in [0.05, 0.1) is 6.61 Å². The number of hydrogen-bond donors (Lipinski definition) is 4. The van der Waals surface area contributed by atoms with E-state index in [9.17, 15) is 24.8 Å². The maximum Gasteiger partial charge on any atom is 0.239 e. The first-order valence-corrected chi connectivity index (χ1v) is 9.49. The second kappa shape index (κ2) is 7.83. The first kappa shape index (κ1) is 22.0. The Balaban J connectivity index is 1.93. The van der Waals surface area contributed by atoms with E-state index >= 15 is 0 Å². The Morgan fingerprint density at radius 2 is 1.83 bits per heavy atom. The molecule has 1 heterocycles. The number of halogens is 2. The second-order valence-corrected chi connectivity index (χ2v) is 8.04. The summed E-state index contributed by atoms with van der Waals surface area (Å²) >= 11 is 5.93. The number of aliphatic hydroxyl groups is 4. The molecular formula is C21H24ClFO6. The molecule has 29 heavy (non-hydrogen) atoms. The molecule has 0 aromatic heterocycles. The van der Waals surface area contributed by atoms with Crippen molar-refractivity contribution in [1.82, 2.24) is 0 Å². The second-order valence-electron chi connectivity index (χ2n) is 7.61. The standard InChI is InChI=1S/C21H24ClFO6/c1-11-6-12(13-7-14(22)9-15(23)8-13)4-5-16(11)28-21(3)20(2,27)19(26)18(25)17(10-24)29-21/h4-9,17-19,24-27H,10H2,1-3H3. The van der Waals surface area contributed by atoms with Crippen molar-refractivity contribution < 1.29 is 34.3 Å². The van der Waals surface area contributed by atoms with Crippen LogP contribution in [-0.2, 0) is 4.74 Å². The van der Waals surface area contributed by atoms with Crippen molar-refractivity contribution in [3.05, 3.63) is 52.8 Å². The predicted octanol–water partition coefficient (Wildman–Crippen LogP) is 2.41. The van der Waals surface area contributed by atoms with Gasteiger partial charge in [0.15, 0.2) is 5.60 Å². The van der Waals surface area contributed by atoms with Gasteiger partial charge in [0, 0.05) is 11.9 Å². The zero-order chi connectivity index (χ0) is 21.6. The summed E-state index contributed by atoms with van der Waals surface area (Å²) in [5, 5.41) is 40.9. The van der Waals surface area contributed by atoms with Crippen molar-refractivity contribution in [1.29, 1.82) is 0 Å². The summed E-state index contributed by atoms with van der Waals surface area (Å²) < 4.78 is 25.2. The molecule has 2 aromatic carbocycles. The Morgan fingerprint density at radius 3 is 2.41 bits per heavy atom. The Hall–Kier alpha value is -1.74. The molecule has 6 nitrogen and oxygen atoms in total. The van der Waals surface area contributed by atoms with Crippen LogP contribution < -0.4 is 4.74 Å². The maximum absolute atomic E-state index is 13.7. The zero-order valence-electron chi connectivity index (χ0n) is 16.3. The lowest BCUT2D eigenvalue weighted by molar-refractivity contribution is -0.366. The molecule has 0 bridgehead atoms. The van der Waals surface area contributed by atoms with Crippen molar-refractivity contribution in [2.75, 3.05) is 6.61 Å². The van der Waals surface area contributed by atoms with Crippen LogP contribution in [0.3, 0.4) is 0 Å². The summed E-state index contributed by atoms with van der Waals surface area (Å²) in [5.41, 5.74) is -0.0130. The lowest BCUT2D eigenvalue weighted by atomic mass is 9.82. The van der Waals surface area contributed by atoms with Crippen LogP contribution in [0.5, 0.6) is 5.75 Å². The van der Waals surface area contributed by atoms with Gasteiger partial charge in [0.1, 0.15) is 29.9 Å². The van der Waals surface area contributed by atoms with E-state index in [2.05, 4.69) is 0 Å². The van der Waals surface area contributed by atoms with E-state index in [4.69, 9.17) is 21.1 Å². The fourth-order valence-electron chi connectivity index (χ4n) is 3.43. The molecule has 0 amide bonds. The van der Waals surface area contributed by atoms with Crippen LogP contribution in [0.1, 0.15) is 19.4 Å². The molecule has 5 unspecified atom stereocenters. The Morgan fingerprint density at radius 1 is 1.14 bits per heavy atom. The highest BCUT2D eigenvalue weighted by Crippen LogP contribution is 2.40. The molecule has 0 radical (unpaired) electrons. The van der Waals surface area contributed by atoms with E-state index in [1.54, 1.807) is 31.2 Å². The highest BCUT2D eigenvalue weighted by molar-refractivity contribution is 6.30. The van der Waals surface area contributed by atoms with Gasteiger partial charge in [-0.3, -0.25) is 0 Å². The van der Waals surface area contributed by atoms with E-state index in [1.807, 2.05) is 0 Å². The number of ether oxygens (including phenoxy) is 2. The smallest absolute Gasteiger partial charge is 0.239 e. The van der Waals surface area contributed by atoms with Crippen LogP contribution in [0.15, 0.2) is 36.4 Å². The van der Waals surface area contributed by atoms with Gasteiger partial charge in [-0.25, -0.2) is 4.39 Å². The molecule has 1 fully saturated rings. The van der Waals surface area contributed by atoms with Crippen LogP contribution in [0.2, 0.25) is 5.02 Å². The average molecular weight is 427 g/mol. The third kappa shape index (κ3) is 3.99. The van der Waals surface area contributed by atoms with Gasteiger partial charge in [-0.1, -0.05) is 17.7 Å². The molecule has 0 spiro atoms. The van der Waals surface area contributed by atoms with Crippen molar-refractivity contribution >= 4 is 11.6 Å². The summed E-state index contributed by atoms with van der Waals surface area (Å²) in [6.45, 7) is 3.90. The molecule has 0 saturated carbocycles. The molecule has 1 aliphatic heterocycles. The molecule has 0 aliphatic carbocycles. The summed E-state index contributed by atoms with van der Waals surface area (Å²) in [7, 11) is 0. The number of hydrogen-bond acceptors (Lipinski definition) is 6. The van der Waals surface area contributed by atoms with Crippen molar-refractivity contribution in [3.63, 3.8) is 0 Å². The molecular weight excluding hydrogens is 403 g/mol. The molecule has 1 aliphatic rings. The van der Waals surface area contributed by atoms with Gasteiger partial charge in [-0.2, -0.15) is 0 Å². The topological polar surface area (TPSA) is 99.4 Å². The first-order chi connectivity index (χ1) is 13.5. The minimum Gasteiger partial charge on any atom is -0.459 e. The summed E-state index contributed by atoms with van der Waals surface area (Å²) in [5.74, 6) is -1.86. The van der Waals surface area contributed by atoms with Crippen LogP contribution in [0.4, 0.5) is 4.39 Å². The summed E-state index contributed by atoms with van der Waals surface area (Å²) in [4.78, 5) is 0. The van der Waals surface area contributed by atoms with Gasteiger partial charge in [0.2, 0.25) is 5.79 Å². The van der Waals surface area contributed by atoms with Crippen LogP contribution in [0.25, 0.3) is 11.1 Å². The van der Waals surface area contributed by atoms with Crippen LogP contribution in [-0.4, -0.2) is 56.7 Å². The van der Waals surface area contributed by atoms with E-state index in [-0.39, 0.29) is 5.02 Å². The Kier molecular flexibility index (Phi) is 5.93. The third-order valence-corrected chi connectivity index (χ3v) is 5.65. The number of rotatable bonds is 4. The first-order valence-electron chi connectivity index (χ1n) is 9.12. The van der Waals surface area contributed by atoms with Gasteiger partial charge in [0.25, 0.3) is 0 Å². The normalized spacial score (nSPS) is 32.2. The minimum absolute atomic E-state index is 0.278. The molecule has 3 rings (SSSR count). The highest BCUT2D eigenvalue weighted by Gasteiger charge is 2.60. The van der Waals surface area contributed by atoms with Gasteiger partial charge < -0.3 is 29.9 Å².